The number of aliphatic hydroxyl groups excluding tert-OH is 1. The van der Waals surface area contributed by atoms with E-state index in [0.29, 0.717) is 6.42 Å². The van der Waals surface area contributed by atoms with Crippen LogP contribution in [0.1, 0.15) is 37.1 Å². The molecule has 3 aromatic rings. The third-order valence-corrected chi connectivity index (χ3v) is 6.05. The van der Waals surface area contributed by atoms with Crippen LogP contribution in [-0.2, 0) is 12.8 Å². The van der Waals surface area contributed by atoms with Crippen molar-refractivity contribution < 1.29 is 9.50 Å². The molecule has 0 saturated carbocycles. The molecule has 4 rings (SSSR count). The van der Waals surface area contributed by atoms with Gasteiger partial charge in [-0.15, -0.1) is 0 Å². The minimum absolute atomic E-state index is 0.259. The first-order valence-electron chi connectivity index (χ1n) is 9.71. The molecule has 0 saturated heterocycles. The number of aromatic nitrogens is 2. The topological polar surface area (TPSA) is 38.0 Å². The zero-order valence-corrected chi connectivity index (χ0v) is 16.3. The highest BCUT2D eigenvalue weighted by Gasteiger charge is 2.38. The van der Waals surface area contributed by atoms with E-state index in [-0.39, 0.29) is 11.2 Å². The summed E-state index contributed by atoms with van der Waals surface area (Å²) in [7, 11) is 0. The van der Waals surface area contributed by atoms with Crippen LogP contribution in [0, 0.1) is 11.2 Å². The van der Waals surface area contributed by atoms with Crippen molar-refractivity contribution in [1.29, 1.82) is 0 Å². The van der Waals surface area contributed by atoms with Crippen LogP contribution in [0.15, 0.2) is 66.4 Å². The van der Waals surface area contributed by atoms with E-state index in [1.807, 2.05) is 29.1 Å². The molecule has 0 bridgehead atoms. The molecule has 3 nitrogen and oxygen atoms in total. The maximum Gasteiger partial charge on any atom is 0.123 e. The van der Waals surface area contributed by atoms with Crippen LogP contribution < -0.4 is 0 Å². The highest BCUT2D eigenvalue weighted by Crippen LogP contribution is 2.42. The Balaban J connectivity index is 1.57. The van der Waals surface area contributed by atoms with Crippen LogP contribution in [0.4, 0.5) is 4.39 Å². The molecule has 1 N–H and O–H groups in total. The zero-order valence-electron chi connectivity index (χ0n) is 16.3. The van der Waals surface area contributed by atoms with Crippen molar-refractivity contribution in [1.82, 2.24) is 9.78 Å². The Labute approximate surface area is 165 Å². The lowest BCUT2D eigenvalue weighted by Crippen LogP contribution is -2.37. The summed E-state index contributed by atoms with van der Waals surface area (Å²) in [5.74, 6) is -0.259. The maximum absolute atomic E-state index is 13.2. The minimum atomic E-state index is -0.439. The van der Waals surface area contributed by atoms with E-state index in [4.69, 9.17) is 0 Å². The minimum Gasteiger partial charge on any atom is -0.392 e. The summed E-state index contributed by atoms with van der Waals surface area (Å²) in [6, 6.07) is 16.6. The Morgan fingerprint density at radius 3 is 2.57 bits per heavy atom. The van der Waals surface area contributed by atoms with Gasteiger partial charge >= 0.3 is 0 Å². The first kappa shape index (κ1) is 18.6. The molecule has 0 radical (unpaired) electrons. The standard InChI is InChI=1S/C24H25FN2O/c1-17-14-22-19(16-26-27(22)21-11-9-20(25)10-12-21)15-24(17,2)23(28)13-8-18-6-4-3-5-7-18/h3-7,9-12,14,16,23,28H,8,13,15H2,1-2H3/t23?,24-/m0/s1. The summed E-state index contributed by atoms with van der Waals surface area (Å²) < 4.78 is 15.1. The summed E-state index contributed by atoms with van der Waals surface area (Å²) >= 11 is 0. The first-order valence-corrected chi connectivity index (χ1v) is 9.71. The van der Waals surface area contributed by atoms with Gasteiger partial charge in [-0.05, 0) is 67.7 Å². The van der Waals surface area contributed by atoms with Crippen molar-refractivity contribution in [3.8, 4) is 5.69 Å². The highest BCUT2D eigenvalue weighted by molar-refractivity contribution is 5.60. The SMILES string of the molecule is CC1=Cc2c(cnn2-c2ccc(F)cc2)C[C@]1(C)C(O)CCc1ccccc1. The summed E-state index contributed by atoms with van der Waals surface area (Å²) in [6.45, 7) is 4.21. The third kappa shape index (κ3) is 3.40. The van der Waals surface area contributed by atoms with E-state index in [1.165, 1.54) is 17.7 Å². The first-order chi connectivity index (χ1) is 13.5. The van der Waals surface area contributed by atoms with Crippen LogP contribution in [0.2, 0.25) is 0 Å². The fourth-order valence-corrected chi connectivity index (χ4v) is 4.02. The molecular weight excluding hydrogens is 351 g/mol. The number of hydrogen-bond acceptors (Lipinski definition) is 2. The summed E-state index contributed by atoms with van der Waals surface area (Å²) in [5.41, 5.74) is 5.02. The number of benzene rings is 2. The monoisotopic (exact) mass is 376 g/mol. The Morgan fingerprint density at radius 2 is 1.86 bits per heavy atom. The number of aryl methyl sites for hydroxylation is 1. The van der Waals surface area contributed by atoms with Crippen LogP contribution in [0.5, 0.6) is 0 Å². The van der Waals surface area contributed by atoms with Gasteiger partial charge in [-0.2, -0.15) is 5.10 Å². The van der Waals surface area contributed by atoms with Crippen LogP contribution in [0.3, 0.4) is 0 Å². The van der Waals surface area contributed by atoms with E-state index in [9.17, 15) is 9.50 Å². The average molecular weight is 376 g/mol. The van der Waals surface area contributed by atoms with Crippen molar-refractivity contribution in [3.05, 3.63) is 89.0 Å². The van der Waals surface area contributed by atoms with Crippen molar-refractivity contribution in [2.45, 2.75) is 39.2 Å². The molecule has 2 aromatic carbocycles. The van der Waals surface area contributed by atoms with Gasteiger partial charge in [0.25, 0.3) is 0 Å². The second-order valence-corrected chi connectivity index (χ2v) is 7.90. The van der Waals surface area contributed by atoms with Crippen LogP contribution in [-0.4, -0.2) is 21.0 Å². The third-order valence-electron chi connectivity index (χ3n) is 6.05. The highest BCUT2D eigenvalue weighted by atomic mass is 19.1. The molecule has 0 aliphatic heterocycles. The van der Waals surface area contributed by atoms with Crippen LogP contribution >= 0.6 is 0 Å². The van der Waals surface area contributed by atoms with Crippen molar-refractivity contribution >= 4 is 6.08 Å². The zero-order chi connectivity index (χ0) is 19.7. The Kier molecular flexibility index (Phi) is 4.90. The number of fused-ring (bicyclic) bond motifs is 1. The second kappa shape index (κ2) is 7.36. The van der Waals surface area contributed by atoms with Gasteiger partial charge in [-0.3, -0.25) is 0 Å². The molecule has 144 valence electrons. The Bertz CT molecular complexity index is 991. The van der Waals surface area contributed by atoms with E-state index >= 15 is 0 Å². The van der Waals surface area contributed by atoms with Gasteiger partial charge in [0.1, 0.15) is 5.82 Å². The van der Waals surface area contributed by atoms with Crippen LogP contribution in [0.25, 0.3) is 11.8 Å². The van der Waals surface area contributed by atoms with Gasteiger partial charge in [0, 0.05) is 5.41 Å². The Hall–Kier alpha value is -2.72. The molecule has 0 spiro atoms. The molecule has 1 unspecified atom stereocenters. The van der Waals surface area contributed by atoms with Gasteiger partial charge in [0.15, 0.2) is 0 Å². The average Bonchev–Trinajstić information content (AvgIpc) is 3.10. The number of hydrogen-bond donors (Lipinski definition) is 1. The van der Waals surface area contributed by atoms with E-state index in [2.05, 4.69) is 37.2 Å². The molecule has 0 amide bonds. The number of aliphatic hydroxyl groups is 1. The Morgan fingerprint density at radius 1 is 1.14 bits per heavy atom. The fourth-order valence-electron chi connectivity index (χ4n) is 4.02. The van der Waals surface area contributed by atoms with E-state index in [0.717, 1.165) is 35.4 Å². The predicted molar refractivity (Wildman–Crippen MR) is 110 cm³/mol. The molecule has 2 atom stereocenters. The number of halogens is 1. The second-order valence-electron chi connectivity index (χ2n) is 7.90. The molecule has 1 aliphatic rings. The number of nitrogens with zero attached hydrogens (tertiary/aromatic N) is 2. The fraction of sp³-hybridized carbons (Fsp3) is 0.292. The van der Waals surface area contributed by atoms with Crippen molar-refractivity contribution in [2.24, 2.45) is 5.41 Å². The van der Waals surface area contributed by atoms with Gasteiger partial charge in [-0.1, -0.05) is 42.8 Å². The van der Waals surface area contributed by atoms with E-state index < -0.39 is 6.10 Å². The molecule has 1 heterocycles. The van der Waals surface area contributed by atoms with Gasteiger partial charge in [-0.25, -0.2) is 9.07 Å². The van der Waals surface area contributed by atoms with Gasteiger partial charge < -0.3 is 5.11 Å². The molecule has 4 heteroatoms. The molecule has 1 aliphatic carbocycles. The predicted octanol–water partition coefficient (Wildman–Crippen LogP) is 4.97. The summed E-state index contributed by atoms with van der Waals surface area (Å²) in [6.07, 6.45) is 5.85. The smallest absolute Gasteiger partial charge is 0.123 e. The molecule has 28 heavy (non-hydrogen) atoms. The summed E-state index contributed by atoms with van der Waals surface area (Å²) in [5, 5.41) is 15.6. The van der Waals surface area contributed by atoms with Gasteiger partial charge in [0.05, 0.1) is 23.7 Å². The maximum atomic E-state index is 13.2. The van der Waals surface area contributed by atoms with Gasteiger partial charge in [0.2, 0.25) is 0 Å². The number of rotatable bonds is 5. The quantitative estimate of drug-likeness (QED) is 0.683. The largest absolute Gasteiger partial charge is 0.392 e. The van der Waals surface area contributed by atoms with Crippen molar-refractivity contribution in [3.63, 3.8) is 0 Å². The normalized spacial score (nSPS) is 19.8. The summed E-state index contributed by atoms with van der Waals surface area (Å²) in [4.78, 5) is 0. The lowest BCUT2D eigenvalue weighted by molar-refractivity contribution is 0.0550. The van der Waals surface area contributed by atoms with E-state index in [1.54, 1.807) is 12.1 Å². The molecule has 0 fully saturated rings. The lowest BCUT2D eigenvalue weighted by Gasteiger charge is -2.38. The lowest BCUT2D eigenvalue weighted by atomic mass is 9.69. The van der Waals surface area contributed by atoms with Crippen molar-refractivity contribution in [2.75, 3.05) is 0 Å². The molecular formula is C24H25FN2O. The molecule has 1 aromatic heterocycles.